The molecule has 0 heterocycles. The Morgan fingerprint density at radius 3 is 1.64 bits per heavy atom. The molecule has 0 aliphatic carbocycles. The second kappa shape index (κ2) is 15.2. The standard InChI is InChI=1S/C24H16ClI6NO4/c25-13-2-1-3-16(8-13)32(4-6-35-23(33)17-9-14(26)11-19(28)21(17)30)5-7-36-24(34)18-10-15(27)12-20(29)22(18)31/h1-3,8-12H,4-7H2. The Labute approximate surface area is 296 Å². The van der Waals surface area contributed by atoms with Crippen LogP contribution in [0.1, 0.15) is 20.7 Å². The van der Waals surface area contributed by atoms with Crippen molar-refractivity contribution in [3.8, 4) is 0 Å². The van der Waals surface area contributed by atoms with Crippen molar-refractivity contribution in [3.63, 3.8) is 0 Å². The smallest absolute Gasteiger partial charge is 0.339 e. The van der Waals surface area contributed by atoms with Gasteiger partial charge in [0, 0.05) is 32.1 Å². The highest BCUT2D eigenvalue weighted by atomic mass is 127. The summed E-state index contributed by atoms with van der Waals surface area (Å²) in [5.74, 6) is -0.729. The molecule has 0 unspecified atom stereocenters. The van der Waals surface area contributed by atoms with E-state index in [0.29, 0.717) is 29.2 Å². The number of carbonyl (C=O) groups is 2. The van der Waals surface area contributed by atoms with Gasteiger partial charge in [-0.25, -0.2) is 9.59 Å². The largest absolute Gasteiger partial charge is 0.460 e. The summed E-state index contributed by atoms with van der Waals surface area (Å²) in [6, 6.07) is 15.1. The number of nitrogens with zero attached hydrogens (tertiary/aromatic N) is 1. The molecule has 190 valence electrons. The summed E-state index contributed by atoms with van der Waals surface area (Å²) in [6.45, 7) is 1.18. The average molecular weight is 1180 g/mol. The second-order valence-corrected chi connectivity index (χ2v) is 14.6. The van der Waals surface area contributed by atoms with Gasteiger partial charge in [-0.2, -0.15) is 0 Å². The molecular formula is C24H16ClI6NO4. The minimum Gasteiger partial charge on any atom is -0.460 e. The number of benzene rings is 3. The van der Waals surface area contributed by atoms with Crippen molar-refractivity contribution in [3.05, 3.63) is 86.1 Å². The number of carbonyl (C=O) groups excluding carboxylic acids is 2. The molecule has 0 radical (unpaired) electrons. The van der Waals surface area contributed by atoms with Gasteiger partial charge in [0.15, 0.2) is 0 Å². The molecule has 0 saturated carbocycles. The fraction of sp³-hybridized carbons (Fsp3) is 0.167. The van der Waals surface area contributed by atoms with Gasteiger partial charge < -0.3 is 14.4 Å². The van der Waals surface area contributed by atoms with Crippen molar-refractivity contribution in [2.75, 3.05) is 31.2 Å². The summed E-state index contributed by atoms with van der Waals surface area (Å²) >= 11 is 19.3. The van der Waals surface area contributed by atoms with Gasteiger partial charge in [-0.1, -0.05) is 17.7 Å². The van der Waals surface area contributed by atoms with Crippen LogP contribution in [0.25, 0.3) is 0 Å². The van der Waals surface area contributed by atoms with E-state index in [1.807, 2.05) is 47.4 Å². The first-order valence-electron chi connectivity index (χ1n) is 10.2. The fourth-order valence-electron chi connectivity index (χ4n) is 3.10. The van der Waals surface area contributed by atoms with Gasteiger partial charge in [0.25, 0.3) is 0 Å². The highest BCUT2D eigenvalue weighted by Crippen LogP contribution is 2.25. The summed E-state index contributed by atoms with van der Waals surface area (Å²) < 4.78 is 16.9. The highest BCUT2D eigenvalue weighted by molar-refractivity contribution is 14.1. The van der Waals surface area contributed by atoms with Crippen molar-refractivity contribution in [2.24, 2.45) is 0 Å². The van der Waals surface area contributed by atoms with Crippen LogP contribution in [0.2, 0.25) is 5.02 Å². The van der Waals surface area contributed by atoms with Crippen LogP contribution >= 0.6 is 147 Å². The Bertz CT molecular complexity index is 1210. The van der Waals surface area contributed by atoms with E-state index in [4.69, 9.17) is 21.1 Å². The highest BCUT2D eigenvalue weighted by Gasteiger charge is 2.18. The number of ether oxygens (including phenoxy) is 2. The predicted octanol–water partition coefficient (Wildman–Crippen LogP) is 8.49. The van der Waals surface area contributed by atoms with E-state index in [2.05, 4.69) is 136 Å². The second-order valence-electron chi connectivity index (χ2n) is 7.24. The maximum absolute atomic E-state index is 12.7. The average Bonchev–Trinajstić information content (AvgIpc) is 2.82. The summed E-state index contributed by atoms with van der Waals surface area (Å²) in [7, 11) is 0. The first kappa shape index (κ1) is 31.6. The number of anilines is 1. The Morgan fingerprint density at radius 1 is 0.722 bits per heavy atom. The lowest BCUT2D eigenvalue weighted by Crippen LogP contribution is -2.32. The molecule has 0 fully saturated rings. The van der Waals surface area contributed by atoms with E-state index in [1.165, 1.54) is 0 Å². The fourth-order valence-corrected chi connectivity index (χ4v) is 8.04. The van der Waals surface area contributed by atoms with Gasteiger partial charge in [0.1, 0.15) is 13.2 Å². The zero-order valence-electron chi connectivity index (χ0n) is 18.2. The number of hydrogen-bond donors (Lipinski definition) is 0. The summed E-state index contributed by atoms with van der Waals surface area (Å²) in [5, 5.41) is 0.595. The molecule has 0 spiro atoms. The summed E-state index contributed by atoms with van der Waals surface area (Å²) in [4.78, 5) is 27.5. The zero-order valence-corrected chi connectivity index (χ0v) is 31.9. The minimum atomic E-state index is -0.365. The summed E-state index contributed by atoms with van der Waals surface area (Å²) in [6.07, 6.45) is 0. The molecule has 0 amide bonds. The van der Waals surface area contributed by atoms with E-state index < -0.39 is 0 Å². The third-order valence-electron chi connectivity index (χ3n) is 4.79. The van der Waals surface area contributed by atoms with E-state index in [-0.39, 0.29) is 25.2 Å². The van der Waals surface area contributed by atoms with Gasteiger partial charge in [-0.3, -0.25) is 0 Å². The lowest BCUT2D eigenvalue weighted by atomic mass is 10.2. The quantitative estimate of drug-likeness (QED) is 0.122. The molecule has 0 aliphatic rings. The van der Waals surface area contributed by atoms with Gasteiger partial charge in [0.05, 0.1) is 24.2 Å². The molecule has 0 saturated heterocycles. The van der Waals surface area contributed by atoms with Crippen LogP contribution in [0.5, 0.6) is 0 Å². The van der Waals surface area contributed by atoms with Crippen molar-refractivity contribution in [1.82, 2.24) is 0 Å². The first-order chi connectivity index (χ1) is 17.1. The molecule has 3 aromatic carbocycles. The molecule has 0 atom stereocenters. The molecule has 0 aliphatic heterocycles. The van der Waals surface area contributed by atoms with Crippen molar-refractivity contribution >= 4 is 165 Å². The SMILES string of the molecule is O=C(OCCN(CCOC(=O)c1cc(I)cc(I)c1I)c1cccc(Cl)c1)c1cc(I)cc(I)c1I. The number of esters is 2. The maximum atomic E-state index is 12.7. The van der Waals surface area contributed by atoms with Crippen molar-refractivity contribution in [2.45, 2.75) is 0 Å². The number of hydrogen-bond acceptors (Lipinski definition) is 5. The summed E-state index contributed by atoms with van der Waals surface area (Å²) in [5.41, 5.74) is 1.96. The zero-order chi connectivity index (χ0) is 26.4. The number of rotatable bonds is 9. The molecular weight excluding hydrogens is 1160 g/mol. The Hall–Kier alpha value is 1.07. The van der Waals surface area contributed by atoms with Gasteiger partial charge in [0.2, 0.25) is 0 Å². The van der Waals surface area contributed by atoms with E-state index >= 15 is 0 Å². The molecule has 12 heteroatoms. The van der Waals surface area contributed by atoms with Crippen LogP contribution in [0.4, 0.5) is 5.69 Å². The van der Waals surface area contributed by atoms with Crippen molar-refractivity contribution in [1.29, 1.82) is 0 Å². The molecule has 5 nitrogen and oxygen atoms in total. The molecule has 0 aromatic heterocycles. The normalized spacial score (nSPS) is 10.8. The first-order valence-corrected chi connectivity index (χ1v) is 17.1. The Kier molecular flexibility index (Phi) is 13.3. The van der Waals surface area contributed by atoms with Crippen LogP contribution in [0.3, 0.4) is 0 Å². The minimum absolute atomic E-state index is 0.171. The molecule has 3 aromatic rings. The molecule has 36 heavy (non-hydrogen) atoms. The van der Waals surface area contributed by atoms with Crippen LogP contribution in [0, 0.1) is 21.4 Å². The Balaban J connectivity index is 1.65. The lowest BCUT2D eigenvalue weighted by Gasteiger charge is -2.25. The third-order valence-corrected chi connectivity index (χ3v) is 12.4. The predicted molar refractivity (Wildman–Crippen MR) is 193 cm³/mol. The van der Waals surface area contributed by atoms with Crippen LogP contribution in [-0.2, 0) is 9.47 Å². The monoisotopic (exact) mass is 1180 g/mol. The van der Waals surface area contributed by atoms with Crippen LogP contribution in [0.15, 0.2) is 48.5 Å². The van der Waals surface area contributed by atoms with Gasteiger partial charge >= 0.3 is 11.9 Å². The molecule has 3 rings (SSSR count). The van der Waals surface area contributed by atoms with Gasteiger partial charge in [-0.15, -0.1) is 0 Å². The topological polar surface area (TPSA) is 55.8 Å². The number of halogens is 7. The van der Waals surface area contributed by atoms with Crippen molar-refractivity contribution < 1.29 is 19.1 Å². The lowest BCUT2D eigenvalue weighted by molar-refractivity contribution is 0.0502. The maximum Gasteiger partial charge on any atom is 0.339 e. The van der Waals surface area contributed by atoms with E-state index in [0.717, 1.165) is 27.1 Å². The Morgan fingerprint density at radius 2 is 1.19 bits per heavy atom. The van der Waals surface area contributed by atoms with Crippen LogP contribution < -0.4 is 4.90 Å². The molecule has 0 N–H and O–H groups in total. The van der Waals surface area contributed by atoms with E-state index in [1.54, 1.807) is 6.07 Å². The molecule has 0 bridgehead atoms. The third kappa shape index (κ3) is 9.05. The van der Waals surface area contributed by atoms with Gasteiger partial charge in [-0.05, 0) is 178 Å². The van der Waals surface area contributed by atoms with Crippen LogP contribution in [-0.4, -0.2) is 38.2 Å². The van der Waals surface area contributed by atoms with E-state index in [9.17, 15) is 9.59 Å².